The van der Waals surface area contributed by atoms with Gasteiger partial charge in [0, 0.05) is 24.2 Å². The number of fused-ring (bicyclic) bond motifs is 1. The van der Waals surface area contributed by atoms with E-state index in [4.69, 9.17) is 21.1 Å². The summed E-state index contributed by atoms with van der Waals surface area (Å²) in [6, 6.07) is 9.14. The van der Waals surface area contributed by atoms with Crippen molar-refractivity contribution in [2.75, 3.05) is 18.5 Å². The summed E-state index contributed by atoms with van der Waals surface area (Å²) in [7, 11) is 0. The number of hydrogen-bond donors (Lipinski definition) is 1. The van der Waals surface area contributed by atoms with Crippen LogP contribution < -0.4 is 14.8 Å². The lowest BCUT2D eigenvalue weighted by Crippen LogP contribution is -2.14. The van der Waals surface area contributed by atoms with E-state index in [0.717, 1.165) is 6.42 Å². The molecule has 3 rings (SSSR count). The molecule has 0 aromatic heterocycles. The van der Waals surface area contributed by atoms with Gasteiger partial charge in [0.05, 0.1) is 29.6 Å². The zero-order valence-electron chi connectivity index (χ0n) is 13.2. The van der Waals surface area contributed by atoms with Gasteiger partial charge >= 0.3 is 0 Å². The van der Waals surface area contributed by atoms with E-state index in [1.54, 1.807) is 18.2 Å². The highest BCUT2D eigenvalue weighted by atomic mass is 35.5. The summed E-state index contributed by atoms with van der Waals surface area (Å²) in [5, 5.41) is 13.8. The number of halogens is 1. The number of hydrogen-bond acceptors (Lipinski definition) is 5. The topological polar surface area (TPSA) is 90.7 Å². The summed E-state index contributed by atoms with van der Waals surface area (Å²) < 4.78 is 11.1. The van der Waals surface area contributed by atoms with Gasteiger partial charge in [0.2, 0.25) is 5.91 Å². The molecule has 0 spiro atoms. The van der Waals surface area contributed by atoms with Crippen molar-refractivity contribution in [2.24, 2.45) is 0 Å². The number of nitro benzene ring substituents is 1. The molecule has 0 saturated heterocycles. The molecule has 25 heavy (non-hydrogen) atoms. The zero-order valence-corrected chi connectivity index (χ0v) is 13.9. The zero-order chi connectivity index (χ0) is 17.8. The van der Waals surface area contributed by atoms with Gasteiger partial charge in [-0.05, 0) is 23.8 Å². The Bertz CT molecular complexity index is 825. The molecule has 0 unspecified atom stereocenters. The van der Waals surface area contributed by atoms with Gasteiger partial charge in [-0.1, -0.05) is 17.7 Å². The summed E-state index contributed by atoms with van der Waals surface area (Å²) in [5.41, 5.74) is 0.938. The van der Waals surface area contributed by atoms with Gasteiger partial charge in [-0.25, -0.2) is 0 Å². The number of carbonyl (C=O) groups excluding carboxylic acids is 1. The first-order valence-electron chi connectivity index (χ1n) is 7.65. The number of benzene rings is 2. The van der Waals surface area contributed by atoms with Crippen molar-refractivity contribution in [3.8, 4) is 11.5 Å². The molecule has 1 amide bonds. The molecule has 7 nitrogen and oxygen atoms in total. The molecular weight excluding hydrogens is 348 g/mol. The SMILES string of the molecule is O=C(Cc1cc(Cl)c2c(c1)OCCCO2)Nc1cccc([N+](=O)[O-])c1. The van der Waals surface area contributed by atoms with Crippen molar-refractivity contribution < 1.29 is 19.2 Å². The quantitative estimate of drug-likeness (QED) is 0.663. The number of nitrogens with one attached hydrogen (secondary N) is 1. The number of ether oxygens (including phenoxy) is 2. The minimum atomic E-state index is -0.515. The maximum Gasteiger partial charge on any atom is 0.271 e. The molecule has 0 bridgehead atoms. The average molecular weight is 363 g/mol. The Hall–Kier alpha value is -2.80. The van der Waals surface area contributed by atoms with Crippen LogP contribution >= 0.6 is 11.6 Å². The largest absolute Gasteiger partial charge is 0.489 e. The second-order valence-corrected chi connectivity index (χ2v) is 5.89. The molecule has 130 valence electrons. The summed E-state index contributed by atoms with van der Waals surface area (Å²) in [4.78, 5) is 22.5. The lowest BCUT2D eigenvalue weighted by atomic mass is 10.1. The lowest BCUT2D eigenvalue weighted by Gasteiger charge is -2.11. The Morgan fingerprint density at radius 1 is 1.24 bits per heavy atom. The monoisotopic (exact) mass is 362 g/mol. The minimum Gasteiger partial charge on any atom is -0.489 e. The molecule has 0 aliphatic carbocycles. The number of nitrogens with zero attached hydrogens (tertiary/aromatic N) is 1. The van der Waals surface area contributed by atoms with Crippen LogP contribution in [0.1, 0.15) is 12.0 Å². The molecule has 0 saturated carbocycles. The second-order valence-electron chi connectivity index (χ2n) is 5.49. The smallest absolute Gasteiger partial charge is 0.271 e. The Morgan fingerprint density at radius 3 is 2.84 bits per heavy atom. The van der Waals surface area contributed by atoms with Crippen LogP contribution in [0.4, 0.5) is 11.4 Å². The standard InChI is InChI=1S/C17H15ClN2O5/c18-14-7-11(8-15-17(14)25-6-2-5-24-15)9-16(21)19-12-3-1-4-13(10-12)20(22)23/h1,3-4,7-8,10H,2,5-6,9H2,(H,19,21). The van der Waals surface area contributed by atoms with E-state index in [9.17, 15) is 14.9 Å². The van der Waals surface area contributed by atoms with Gasteiger partial charge in [0.15, 0.2) is 11.5 Å². The van der Waals surface area contributed by atoms with Crippen LogP contribution in [0.25, 0.3) is 0 Å². The molecule has 2 aromatic rings. The number of anilines is 1. The van der Waals surface area contributed by atoms with Crippen LogP contribution in [0.2, 0.25) is 5.02 Å². The van der Waals surface area contributed by atoms with Crippen LogP contribution in [0, 0.1) is 10.1 Å². The Morgan fingerprint density at radius 2 is 2.04 bits per heavy atom. The maximum atomic E-state index is 12.2. The third-order valence-corrected chi connectivity index (χ3v) is 3.85. The lowest BCUT2D eigenvalue weighted by molar-refractivity contribution is -0.384. The van der Waals surface area contributed by atoms with E-state index in [0.29, 0.717) is 41.0 Å². The van der Waals surface area contributed by atoms with Gasteiger partial charge < -0.3 is 14.8 Å². The van der Waals surface area contributed by atoms with Gasteiger partial charge in [-0.2, -0.15) is 0 Å². The molecule has 1 heterocycles. The third-order valence-electron chi connectivity index (χ3n) is 3.57. The van der Waals surface area contributed by atoms with Crippen LogP contribution in [0.15, 0.2) is 36.4 Å². The number of amides is 1. The van der Waals surface area contributed by atoms with Gasteiger partial charge in [-0.3, -0.25) is 14.9 Å². The van der Waals surface area contributed by atoms with Crippen molar-refractivity contribution >= 4 is 28.9 Å². The molecule has 1 N–H and O–H groups in total. The van der Waals surface area contributed by atoms with E-state index in [1.165, 1.54) is 18.2 Å². The van der Waals surface area contributed by atoms with Crippen LogP contribution in [0.3, 0.4) is 0 Å². The van der Waals surface area contributed by atoms with Crippen molar-refractivity contribution in [2.45, 2.75) is 12.8 Å². The molecule has 0 atom stereocenters. The molecule has 1 aliphatic heterocycles. The van der Waals surface area contributed by atoms with Crippen molar-refractivity contribution in [1.29, 1.82) is 0 Å². The Balaban J connectivity index is 1.73. The molecule has 8 heteroatoms. The van der Waals surface area contributed by atoms with Crippen molar-refractivity contribution in [3.63, 3.8) is 0 Å². The second kappa shape index (κ2) is 7.40. The third kappa shape index (κ3) is 4.19. The highest BCUT2D eigenvalue weighted by Crippen LogP contribution is 2.38. The fourth-order valence-electron chi connectivity index (χ4n) is 2.47. The van der Waals surface area contributed by atoms with E-state index >= 15 is 0 Å². The highest BCUT2D eigenvalue weighted by Gasteiger charge is 2.17. The fraction of sp³-hybridized carbons (Fsp3) is 0.235. The molecule has 0 fully saturated rings. The fourth-order valence-corrected chi connectivity index (χ4v) is 2.76. The number of non-ortho nitro benzene ring substituents is 1. The summed E-state index contributed by atoms with van der Waals surface area (Å²) in [6.45, 7) is 1.05. The number of rotatable bonds is 4. The predicted molar refractivity (Wildman–Crippen MR) is 92.5 cm³/mol. The summed E-state index contributed by atoms with van der Waals surface area (Å²) >= 11 is 6.21. The summed E-state index contributed by atoms with van der Waals surface area (Å²) in [5.74, 6) is 0.691. The minimum absolute atomic E-state index is 0.0546. The molecular formula is C17H15ClN2O5. The first-order valence-corrected chi connectivity index (χ1v) is 8.03. The van der Waals surface area contributed by atoms with Gasteiger partial charge in [0.1, 0.15) is 0 Å². The Kier molecular flexibility index (Phi) is 5.04. The van der Waals surface area contributed by atoms with Gasteiger partial charge in [-0.15, -0.1) is 0 Å². The number of nitro groups is 1. The van der Waals surface area contributed by atoms with Crippen molar-refractivity contribution in [3.05, 3.63) is 57.1 Å². The molecule has 0 radical (unpaired) electrons. The highest BCUT2D eigenvalue weighted by molar-refractivity contribution is 6.32. The molecule has 2 aromatic carbocycles. The average Bonchev–Trinajstić information content (AvgIpc) is 2.80. The first kappa shape index (κ1) is 17.0. The normalized spacial score (nSPS) is 13.0. The van der Waals surface area contributed by atoms with E-state index < -0.39 is 4.92 Å². The van der Waals surface area contributed by atoms with E-state index in [-0.39, 0.29) is 18.0 Å². The first-order chi connectivity index (χ1) is 12.0. The van der Waals surface area contributed by atoms with Crippen LogP contribution in [-0.2, 0) is 11.2 Å². The van der Waals surface area contributed by atoms with Gasteiger partial charge in [0.25, 0.3) is 5.69 Å². The molecule has 1 aliphatic rings. The van der Waals surface area contributed by atoms with Crippen LogP contribution in [-0.4, -0.2) is 24.0 Å². The van der Waals surface area contributed by atoms with Crippen molar-refractivity contribution in [1.82, 2.24) is 0 Å². The van der Waals surface area contributed by atoms with Crippen LogP contribution in [0.5, 0.6) is 11.5 Å². The maximum absolute atomic E-state index is 12.2. The Labute approximate surface area is 148 Å². The number of carbonyl (C=O) groups is 1. The predicted octanol–water partition coefficient (Wildman–Crippen LogP) is 3.59. The van der Waals surface area contributed by atoms with E-state index in [2.05, 4.69) is 5.32 Å². The summed E-state index contributed by atoms with van der Waals surface area (Å²) in [6.07, 6.45) is 0.812. The van der Waals surface area contributed by atoms with E-state index in [1.807, 2.05) is 0 Å².